The summed E-state index contributed by atoms with van der Waals surface area (Å²) in [4.78, 5) is 27.5. The molecule has 1 aromatic rings. The molecule has 25 heavy (non-hydrogen) atoms. The van der Waals surface area contributed by atoms with Crippen LogP contribution in [0.5, 0.6) is 0 Å². The van der Waals surface area contributed by atoms with Crippen molar-refractivity contribution in [1.82, 2.24) is 10.2 Å². The number of hydrogen-bond donors (Lipinski definition) is 2. The van der Waals surface area contributed by atoms with Gasteiger partial charge in [0.2, 0.25) is 5.91 Å². The summed E-state index contributed by atoms with van der Waals surface area (Å²) in [5, 5.41) is 3.10. The second-order valence-corrected chi connectivity index (χ2v) is 7.15. The van der Waals surface area contributed by atoms with Crippen molar-refractivity contribution in [3.63, 3.8) is 0 Å². The molecule has 0 saturated heterocycles. The zero-order chi connectivity index (χ0) is 18.4. The van der Waals surface area contributed by atoms with Crippen LogP contribution in [0, 0.1) is 5.92 Å². The van der Waals surface area contributed by atoms with E-state index < -0.39 is 12.1 Å². The van der Waals surface area contributed by atoms with Crippen LogP contribution in [0.2, 0.25) is 0 Å². The minimum Gasteiger partial charge on any atom is -0.327 e. The number of Topliss-reactive ketones (excluding diaryl/α,β-unsaturated/α-hetero) is 1. The lowest BCUT2D eigenvalue weighted by Crippen LogP contribution is -2.50. The summed E-state index contributed by atoms with van der Waals surface area (Å²) in [6, 6.07) is 6.91. The van der Waals surface area contributed by atoms with Gasteiger partial charge in [-0.15, -0.1) is 0 Å². The minimum absolute atomic E-state index is 0.0860. The van der Waals surface area contributed by atoms with Gasteiger partial charge in [0.1, 0.15) is 6.04 Å². The van der Waals surface area contributed by atoms with E-state index >= 15 is 0 Å². The largest absolute Gasteiger partial charge is 0.327 e. The Hall–Kier alpha value is -1.72. The van der Waals surface area contributed by atoms with Gasteiger partial charge in [0.15, 0.2) is 5.78 Å². The fourth-order valence-electron chi connectivity index (χ4n) is 3.43. The highest BCUT2D eigenvalue weighted by atomic mass is 16.2. The van der Waals surface area contributed by atoms with E-state index in [-0.39, 0.29) is 17.6 Å². The van der Waals surface area contributed by atoms with Crippen LogP contribution in [-0.2, 0) is 16.0 Å². The predicted octanol–water partition coefficient (Wildman–Crippen LogP) is 2.05. The van der Waals surface area contributed by atoms with Crippen molar-refractivity contribution >= 4 is 11.7 Å². The van der Waals surface area contributed by atoms with Gasteiger partial charge in [-0.2, -0.15) is 0 Å². The molecule has 1 aromatic carbocycles. The van der Waals surface area contributed by atoms with E-state index in [0.717, 1.165) is 36.9 Å². The summed E-state index contributed by atoms with van der Waals surface area (Å²) in [6.45, 7) is 5.26. The van der Waals surface area contributed by atoms with E-state index in [1.807, 2.05) is 39.1 Å². The van der Waals surface area contributed by atoms with Crippen molar-refractivity contribution in [1.29, 1.82) is 0 Å². The normalized spacial score (nSPS) is 18.1. The topological polar surface area (TPSA) is 75.4 Å². The Bertz CT molecular complexity index is 600. The summed E-state index contributed by atoms with van der Waals surface area (Å²) in [6.07, 6.45) is 3.33. The molecule has 0 radical (unpaired) electrons. The van der Waals surface area contributed by atoms with Crippen LogP contribution in [0.4, 0.5) is 0 Å². The molecule has 138 valence electrons. The lowest BCUT2D eigenvalue weighted by molar-refractivity contribution is -0.142. The molecule has 0 bridgehead atoms. The highest BCUT2D eigenvalue weighted by Gasteiger charge is 2.37. The maximum Gasteiger partial charge on any atom is 0.240 e. The number of nitrogens with two attached hydrogens (primary N) is 1. The first kappa shape index (κ1) is 19.6. The first-order chi connectivity index (χ1) is 12.0. The van der Waals surface area contributed by atoms with Crippen LogP contribution in [0.1, 0.15) is 50.3 Å². The molecule has 5 nitrogen and oxygen atoms in total. The SMILES string of the molecule is CNCCCC[C@H](N)C(=O)N1CCc2ccccc2[C@H]1C(=O)C(C)C. The number of ketones is 1. The first-order valence-electron chi connectivity index (χ1n) is 9.29. The van der Waals surface area contributed by atoms with Crippen molar-refractivity contribution in [2.24, 2.45) is 11.7 Å². The smallest absolute Gasteiger partial charge is 0.240 e. The van der Waals surface area contributed by atoms with Crippen LogP contribution < -0.4 is 11.1 Å². The van der Waals surface area contributed by atoms with Gasteiger partial charge in [0, 0.05) is 12.5 Å². The van der Waals surface area contributed by atoms with Crippen molar-refractivity contribution in [2.75, 3.05) is 20.1 Å². The molecule has 0 aliphatic carbocycles. The van der Waals surface area contributed by atoms with Crippen LogP contribution in [0.3, 0.4) is 0 Å². The molecule has 0 unspecified atom stereocenters. The average Bonchev–Trinajstić information content (AvgIpc) is 2.62. The second kappa shape index (κ2) is 9.11. The van der Waals surface area contributed by atoms with E-state index in [0.29, 0.717) is 13.0 Å². The van der Waals surface area contributed by atoms with Crippen molar-refractivity contribution in [3.05, 3.63) is 35.4 Å². The standard InChI is InChI=1S/C20H31N3O2/c1-14(2)19(24)18-16-9-5-4-8-15(16)11-13-23(18)20(25)17(21)10-6-7-12-22-3/h4-5,8-9,14,17-18,22H,6-7,10-13,21H2,1-3H3/t17-,18-/m0/s1. The van der Waals surface area contributed by atoms with Crippen molar-refractivity contribution < 1.29 is 9.59 Å². The molecule has 0 saturated carbocycles. The van der Waals surface area contributed by atoms with Gasteiger partial charge in [-0.1, -0.05) is 44.5 Å². The number of fused-ring (bicyclic) bond motifs is 1. The second-order valence-electron chi connectivity index (χ2n) is 7.15. The molecule has 2 atom stereocenters. The molecule has 0 aromatic heterocycles. The summed E-state index contributed by atoms with van der Waals surface area (Å²) in [7, 11) is 1.92. The van der Waals surface area contributed by atoms with E-state index in [4.69, 9.17) is 5.73 Å². The van der Waals surface area contributed by atoms with Gasteiger partial charge < -0.3 is 16.0 Å². The minimum atomic E-state index is -0.537. The number of benzene rings is 1. The highest BCUT2D eigenvalue weighted by molar-refractivity contribution is 5.93. The maximum atomic E-state index is 12.9. The van der Waals surface area contributed by atoms with E-state index in [9.17, 15) is 9.59 Å². The predicted molar refractivity (Wildman–Crippen MR) is 100 cm³/mol. The summed E-state index contributed by atoms with van der Waals surface area (Å²) >= 11 is 0. The van der Waals surface area contributed by atoms with Crippen LogP contribution in [0.15, 0.2) is 24.3 Å². The number of hydrogen-bond acceptors (Lipinski definition) is 4. The van der Waals surface area contributed by atoms with Gasteiger partial charge in [0.25, 0.3) is 0 Å². The number of nitrogens with one attached hydrogen (secondary N) is 1. The molecule has 0 spiro atoms. The Morgan fingerprint density at radius 3 is 2.68 bits per heavy atom. The third-order valence-corrected chi connectivity index (χ3v) is 4.91. The number of carbonyl (C=O) groups is 2. The maximum absolute atomic E-state index is 12.9. The third-order valence-electron chi connectivity index (χ3n) is 4.91. The van der Waals surface area contributed by atoms with Crippen LogP contribution in [-0.4, -0.2) is 42.8 Å². The van der Waals surface area contributed by atoms with Crippen LogP contribution in [0.25, 0.3) is 0 Å². The number of nitrogens with zero attached hydrogens (tertiary/aromatic N) is 1. The lowest BCUT2D eigenvalue weighted by atomic mass is 9.86. The van der Waals surface area contributed by atoms with Gasteiger partial charge in [0.05, 0.1) is 6.04 Å². The third kappa shape index (κ3) is 4.67. The molecular weight excluding hydrogens is 314 g/mol. The summed E-state index contributed by atoms with van der Waals surface area (Å²) < 4.78 is 0. The fraction of sp³-hybridized carbons (Fsp3) is 0.600. The number of amides is 1. The van der Waals surface area contributed by atoms with E-state index in [2.05, 4.69) is 11.4 Å². The van der Waals surface area contributed by atoms with Gasteiger partial charge in [-0.25, -0.2) is 0 Å². The Kier molecular flexibility index (Phi) is 7.14. The molecule has 2 rings (SSSR count). The number of carbonyl (C=O) groups excluding carboxylic acids is 2. The summed E-state index contributed by atoms with van der Waals surface area (Å²) in [5.41, 5.74) is 8.29. The fourth-order valence-corrected chi connectivity index (χ4v) is 3.43. The first-order valence-corrected chi connectivity index (χ1v) is 9.29. The quantitative estimate of drug-likeness (QED) is 0.707. The Labute approximate surface area is 151 Å². The zero-order valence-corrected chi connectivity index (χ0v) is 15.6. The molecule has 1 aliphatic rings. The van der Waals surface area contributed by atoms with Gasteiger partial charge in [-0.05, 0) is 44.0 Å². The molecular formula is C20H31N3O2. The van der Waals surface area contributed by atoms with Crippen LogP contribution >= 0.6 is 0 Å². The summed E-state index contributed by atoms with van der Waals surface area (Å²) in [5.74, 6) is -0.140. The number of unbranched alkanes of at least 4 members (excludes halogenated alkanes) is 1. The number of rotatable bonds is 8. The molecule has 1 amide bonds. The lowest BCUT2D eigenvalue weighted by Gasteiger charge is -2.38. The van der Waals surface area contributed by atoms with Crippen molar-refractivity contribution in [2.45, 2.75) is 51.6 Å². The van der Waals surface area contributed by atoms with E-state index in [1.54, 1.807) is 4.90 Å². The van der Waals surface area contributed by atoms with E-state index in [1.165, 1.54) is 0 Å². The molecule has 0 fully saturated rings. The Morgan fingerprint density at radius 2 is 2.00 bits per heavy atom. The Balaban J connectivity index is 2.17. The monoisotopic (exact) mass is 345 g/mol. The van der Waals surface area contributed by atoms with Gasteiger partial charge >= 0.3 is 0 Å². The molecule has 5 heteroatoms. The Morgan fingerprint density at radius 1 is 1.28 bits per heavy atom. The van der Waals surface area contributed by atoms with Crippen molar-refractivity contribution in [3.8, 4) is 0 Å². The zero-order valence-electron chi connectivity index (χ0n) is 15.6. The average molecular weight is 345 g/mol. The molecule has 1 heterocycles. The van der Waals surface area contributed by atoms with Gasteiger partial charge in [-0.3, -0.25) is 9.59 Å². The molecule has 3 N–H and O–H groups in total. The highest BCUT2D eigenvalue weighted by Crippen LogP contribution is 2.32. The molecule has 1 aliphatic heterocycles.